The molecule has 0 saturated heterocycles. The minimum absolute atomic E-state index is 0.108. The molecular formula is C26H32FNO. The predicted molar refractivity (Wildman–Crippen MR) is 113 cm³/mol. The number of halogens is 1. The van der Waals surface area contributed by atoms with Crippen molar-refractivity contribution in [3.05, 3.63) is 47.6 Å². The molecule has 4 aliphatic rings. The van der Waals surface area contributed by atoms with Crippen molar-refractivity contribution in [1.29, 1.82) is 0 Å². The minimum Gasteiger partial charge on any atom is -0.295 e. The molecule has 0 spiro atoms. The normalized spacial score (nSPS) is 41.2. The third-order valence-corrected chi connectivity index (χ3v) is 9.21. The maximum absolute atomic E-state index is 13.9. The van der Waals surface area contributed by atoms with Crippen LogP contribution in [0.2, 0.25) is 0 Å². The maximum atomic E-state index is 13.9. The van der Waals surface area contributed by atoms with Gasteiger partial charge in [-0.3, -0.25) is 9.78 Å². The van der Waals surface area contributed by atoms with E-state index >= 15 is 0 Å². The number of allylic oxidation sites excluding steroid dienone is 4. The van der Waals surface area contributed by atoms with Crippen LogP contribution in [0.25, 0.3) is 5.57 Å². The monoisotopic (exact) mass is 393 g/mol. The summed E-state index contributed by atoms with van der Waals surface area (Å²) in [5.41, 5.74) is 4.03. The van der Waals surface area contributed by atoms with Gasteiger partial charge >= 0.3 is 0 Å². The number of hydrogen-bond donors (Lipinski definition) is 0. The number of rotatable bonds is 2. The summed E-state index contributed by atoms with van der Waals surface area (Å²) in [6, 6.07) is 1.66. The highest BCUT2D eigenvalue weighted by atomic mass is 19.1. The van der Waals surface area contributed by atoms with Crippen molar-refractivity contribution in [2.24, 2.45) is 34.5 Å². The molecule has 2 nitrogen and oxygen atoms in total. The molecule has 1 aromatic heterocycles. The van der Waals surface area contributed by atoms with Gasteiger partial charge in [-0.2, -0.15) is 0 Å². The van der Waals surface area contributed by atoms with Crippen LogP contribution in [0, 0.1) is 40.3 Å². The Labute approximate surface area is 173 Å². The number of fused-ring (bicyclic) bond motifs is 5. The lowest BCUT2D eigenvalue weighted by Crippen LogP contribution is -2.52. The van der Waals surface area contributed by atoms with E-state index in [9.17, 15) is 9.18 Å². The van der Waals surface area contributed by atoms with Gasteiger partial charge in [-0.05, 0) is 96.3 Å². The number of hydrogen-bond acceptors (Lipinski definition) is 2. The summed E-state index contributed by atoms with van der Waals surface area (Å²) in [6.07, 6.45) is 15.0. The van der Waals surface area contributed by atoms with Gasteiger partial charge in [-0.15, -0.1) is 0 Å². The maximum Gasteiger partial charge on any atom is 0.155 e. The van der Waals surface area contributed by atoms with Crippen molar-refractivity contribution >= 4 is 11.4 Å². The summed E-state index contributed by atoms with van der Waals surface area (Å²) < 4.78 is 13.9. The Bertz CT molecular complexity index is 917. The smallest absolute Gasteiger partial charge is 0.155 e. The van der Waals surface area contributed by atoms with Crippen molar-refractivity contribution in [3.63, 3.8) is 0 Å². The average molecular weight is 394 g/mol. The SMILES string of the molecule is CCC1CC2C(CC[C@]3(C)C(c4cncc(F)c4)=CCC23)[C@@]2(C)CCC(=O)C=C12. The minimum atomic E-state index is -0.248. The van der Waals surface area contributed by atoms with E-state index in [1.165, 1.54) is 30.2 Å². The molecule has 0 amide bonds. The number of carbonyl (C=O) groups excluding carboxylic acids is 1. The second-order valence-electron chi connectivity index (χ2n) is 10.4. The molecule has 1 aromatic rings. The van der Waals surface area contributed by atoms with Gasteiger partial charge in [0.2, 0.25) is 0 Å². The second-order valence-corrected chi connectivity index (χ2v) is 10.4. The number of carbonyl (C=O) groups is 1. The fourth-order valence-corrected chi connectivity index (χ4v) is 7.74. The van der Waals surface area contributed by atoms with Gasteiger partial charge in [0.25, 0.3) is 0 Å². The molecule has 29 heavy (non-hydrogen) atoms. The van der Waals surface area contributed by atoms with Crippen molar-refractivity contribution in [1.82, 2.24) is 4.98 Å². The molecular weight excluding hydrogens is 361 g/mol. The van der Waals surface area contributed by atoms with Crippen molar-refractivity contribution in [3.8, 4) is 0 Å². The van der Waals surface area contributed by atoms with Crippen LogP contribution in [-0.4, -0.2) is 10.8 Å². The topological polar surface area (TPSA) is 30.0 Å². The van der Waals surface area contributed by atoms with Crippen molar-refractivity contribution < 1.29 is 9.18 Å². The highest BCUT2D eigenvalue weighted by Gasteiger charge is 2.58. The van der Waals surface area contributed by atoms with Crippen molar-refractivity contribution in [2.45, 2.75) is 65.7 Å². The summed E-state index contributed by atoms with van der Waals surface area (Å²) in [5, 5.41) is 0. The van der Waals surface area contributed by atoms with E-state index in [0.29, 0.717) is 35.9 Å². The molecule has 1 heterocycles. The van der Waals surface area contributed by atoms with Crippen LogP contribution in [0.3, 0.4) is 0 Å². The van der Waals surface area contributed by atoms with E-state index in [-0.39, 0.29) is 16.6 Å². The molecule has 154 valence electrons. The molecule has 5 rings (SSSR count). The highest BCUT2D eigenvalue weighted by molar-refractivity contribution is 5.91. The molecule has 2 fully saturated rings. The van der Waals surface area contributed by atoms with Crippen LogP contribution in [-0.2, 0) is 4.79 Å². The molecule has 0 bridgehead atoms. The lowest BCUT2D eigenvalue weighted by atomic mass is 9.45. The molecule has 3 heteroatoms. The van der Waals surface area contributed by atoms with E-state index in [4.69, 9.17) is 0 Å². The van der Waals surface area contributed by atoms with Crippen LogP contribution < -0.4 is 0 Å². The van der Waals surface area contributed by atoms with E-state index in [1.807, 2.05) is 12.3 Å². The Morgan fingerprint density at radius 1 is 1.17 bits per heavy atom. The molecule has 0 aromatic carbocycles. The van der Waals surface area contributed by atoms with E-state index < -0.39 is 0 Å². The van der Waals surface area contributed by atoms with Crippen LogP contribution in [0.1, 0.15) is 71.3 Å². The number of nitrogens with zero attached hydrogens (tertiary/aromatic N) is 1. The number of pyridine rings is 1. The zero-order valence-corrected chi connectivity index (χ0v) is 17.9. The van der Waals surface area contributed by atoms with Crippen LogP contribution >= 0.6 is 0 Å². The fourth-order valence-electron chi connectivity index (χ4n) is 7.74. The molecule has 6 atom stereocenters. The van der Waals surface area contributed by atoms with E-state index in [0.717, 1.165) is 31.2 Å². The lowest BCUT2D eigenvalue weighted by molar-refractivity contribution is -0.117. The van der Waals surface area contributed by atoms with Crippen LogP contribution in [0.4, 0.5) is 4.39 Å². The Morgan fingerprint density at radius 2 is 2.00 bits per heavy atom. The van der Waals surface area contributed by atoms with Gasteiger partial charge < -0.3 is 0 Å². The first-order chi connectivity index (χ1) is 13.9. The van der Waals surface area contributed by atoms with Crippen LogP contribution in [0.15, 0.2) is 36.2 Å². The predicted octanol–water partition coefficient (Wildman–Crippen LogP) is 6.38. The van der Waals surface area contributed by atoms with Crippen LogP contribution in [0.5, 0.6) is 0 Å². The molecule has 0 radical (unpaired) electrons. The third kappa shape index (κ3) is 2.72. The number of ketones is 1. The Morgan fingerprint density at radius 3 is 2.76 bits per heavy atom. The van der Waals surface area contributed by atoms with E-state index in [1.54, 1.807) is 6.07 Å². The molecule has 0 N–H and O–H groups in total. The quantitative estimate of drug-likeness (QED) is 0.583. The molecule has 4 unspecified atom stereocenters. The lowest BCUT2D eigenvalue weighted by Gasteiger charge is -2.59. The summed E-state index contributed by atoms with van der Waals surface area (Å²) >= 11 is 0. The van der Waals surface area contributed by atoms with Crippen molar-refractivity contribution in [2.75, 3.05) is 0 Å². The first-order valence-corrected chi connectivity index (χ1v) is 11.4. The summed E-state index contributed by atoms with van der Waals surface area (Å²) in [6.45, 7) is 7.15. The summed E-state index contributed by atoms with van der Waals surface area (Å²) in [7, 11) is 0. The van der Waals surface area contributed by atoms with Gasteiger partial charge in [0, 0.05) is 12.6 Å². The zero-order valence-electron chi connectivity index (χ0n) is 17.9. The largest absolute Gasteiger partial charge is 0.295 e. The van der Waals surface area contributed by atoms with Gasteiger partial charge in [0.05, 0.1) is 6.20 Å². The Balaban J connectivity index is 1.51. The standard InChI is InChI=1S/C26H32FNO/c1-4-16-12-20-22-6-5-21(17-11-18(27)15-28-14-17)25(22,2)10-8-23(20)26(3)9-7-19(29)13-24(16)26/h5,11,13-16,20,22-23H,4,6-10,12H2,1-3H3/t16?,20?,22?,23?,25-,26-/m1/s1. The first kappa shape index (κ1) is 19.2. The van der Waals surface area contributed by atoms with Gasteiger partial charge in [-0.25, -0.2) is 4.39 Å². The molecule has 4 aliphatic carbocycles. The summed E-state index contributed by atoms with van der Waals surface area (Å²) in [5.74, 6) is 2.59. The summed E-state index contributed by atoms with van der Waals surface area (Å²) in [4.78, 5) is 16.3. The van der Waals surface area contributed by atoms with Gasteiger partial charge in [0.1, 0.15) is 5.82 Å². The number of aromatic nitrogens is 1. The fraction of sp³-hybridized carbons (Fsp3) is 0.615. The zero-order chi connectivity index (χ0) is 20.4. The highest BCUT2D eigenvalue weighted by Crippen LogP contribution is 2.67. The van der Waals surface area contributed by atoms with Gasteiger partial charge in [0.15, 0.2) is 5.78 Å². The van der Waals surface area contributed by atoms with E-state index in [2.05, 4.69) is 31.8 Å². The van der Waals surface area contributed by atoms with Gasteiger partial charge in [-0.1, -0.05) is 32.4 Å². The Hall–Kier alpha value is -1.77. The Kier molecular flexibility index (Phi) is 4.38. The first-order valence-electron chi connectivity index (χ1n) is 11.4. The molecule has 2 saturated carbocycles. The second kappa shape index (κ2) is 6.62. The third-order valence-electron chi connectivity index (χ3n) is 9.21. The average Bonchev–Trinajstić information content (AvgIpc) is 3.05. The molecule has 0 aliphatic heterocycles.